The van der Waals surface area contributed by atoms with Crippen LogP contribution in [0.3, 0.4) is 0 Å². The molecule has 0 saturated carbocycles. The Morgan fingerprint density at radius 1 is 0.455 bits per heavy atom. The summed E-state index contributed by atoms with van der Waals surface area (Å²) in [7, 11) is 1.63. The topological polar surface area (TPSA) is 112 Å². The number of nitrogens with one attached hydrogen (secondary N) is 2. The van der Waals surface area contributed by atoms with E-state index in [2.05, 4.69) is 24.5 Å². The van der Waals surface area contributed by atoms with Crippen molar-refractivity contribution in [3.63, 3.8) is 0 Å². The van der Waals surface area contributed by atoms with Crippen molar-refractivity contribution in [2.75, 3.05) is 46.7 Å². The number of alkyl carbamates (subject to hydrolysis) is 1. The molecule has 0 spiro atoms. The zero-order valence-electron chi connectivity index (χ0n) is 36.5. The van der Waals surface area contributed by atoms with E-state index in [1.165, 1.54) is 154 Å². The number of unbranched alkanes of at least 4 members (excludes halogenated alkanes) is 28. The van der Waals surface area contributed by atoms with Crippen LogP contribution in [0.5, 0.6) is 0 Å². The van der Waals surface area contributed by atoms with E-state index in [1.54, 1.807) is 7.11 Å². The molecule has 0 aromatic heterocycles. The molecule has 0 saturated heterocycles. The van der Waals surface area contributed by atoms with Crippen LogP contribution in [-0.4, -0.2) is 70.7 Å². The maximum atomic E-state index is 12.8. The van der Waals surface area contributed by atoms with Crippen LogP contribution in [-0.2, 0) is 28.5 Å². The summed E-state index contributed by atoms with van der Waals surface area (Å²) in [4.78, 5) is 37.6. The Morgan fingerprint density at radius 3 is 1.29 bits per heavy atom. The molecule has 0 aliphatic heterocycles. The maximum Gasteiger partial charge on any atom is 0.407 e. The van der Waals surface area contributed by atoms with E-state index in [0.29, 0.717) is 45.6 Å². The lowest BCUT2D eigenvalue weighted by Crippen LogP contribution is -2.43. The zero-order valence-corrected chi connectivity index (χ0v) is 36.5. The minimum atomic E-state index is -0.586. The fraction of sp³-hybridized carbons (Fsp3) is 0.935. The lowest BCUT2D eigenvalue weighted by Gasteiger charge is -2.19. The molecule has 0 fully saturated rings. The summed E-state index contributed by atoms with van der Waals surface area (Å²) in [5, 5.41) is 5.65. The van der Waals surface area contributed by atoms with Crippen LogP contribution in [0.2, 0.25) is 0 Å². The molecule has 0 rings (SSSR count). The second-order valence-corrected chi connectivity index (χ2v) is 15.8. The van der Waals surface area contributed by atoms with Gasteiger partial charge in [0.1, 0.15) is 13.2 Å². The van der Waals surface area contributed by atoms with Crippen molar-refractivity contribution < 1.29 is 33.3 Å². The number of amides is 2. The molecule has 0 aromatic carbocycles. The smallest absolute Gasteiger partial charge is 0.407 e. The Kier molecular flexibility index (Phi) is 43.3. The van der Waals surface area contributed by atoms with E-state index in [4.69, 9.17) is 18.9 Å². The van der Waals surface area contributed by atoms with Gasteiger partial charge in [-0.25, -0.2) is 4.79 Å². The van der Waals surface area contributed by atoms with Gasteiger partial charge in [0.15, 0.2) is 0 Å². The SMILES string of the molecule is CCCCCCCCCCCCCCCCCC(=O)NC(COC(=O)CCCCCCCCCCCCCCCCC)COC(=O)NCCCOCCOC. The van der Waals surface area contributed by atoms with E-state index in [1.807, 2.05) is 0 Å². The van der Waals surface area contributed by atoms with Gasteiger partial charge in [0, 0.05) is 33.1 Å². The number of ether oxygens (including phenoxy) is 4. The molecule has 9 heteroatoms. The van der Waals surface area contributed by atoms with Gasteiger partial charge in [-0.2, -0.15) is 0 Å². The van der Waals surface area contributed by atoms with Gasteiger partial charge in [-0.05, 0) is 19.3 Å². The Bertz CT molecular complexity index is 828. The third kappa shape index (κ3) is 43.1. The van der Waals surface area contributed by atoms with Gasteiger partial charge in [-0.15, -0.1) is 0 Å². The molecule has 0 aliphatic rings. The molecule has 9 nitrogen and oxygen atoms in total. The molecule has 2 amide bonds. The van der Waals surface area contributed by atoms with Crippen molar-refractivity contribution >= 4 is 18.0 Å². The number of esters is 1. The average molecular weight is 783 g/mol. The van der Waals surface area contributed by atoms with Crippen LogP contribution in [0.1, 0.15) is 226 Å². The highest BCUT2D eigenvalue weighted by Gasteiger charge is 2.17. The lowest BCUT2D eigenvalue weighted by atomic mass is 10.0. The average Bonchev–Trinajstić information content (AvgIpc) is 3.18. The number of carbonyl (C=O) groups excluding carboxylic acids is 3. The minimum Gasteiger partial charge on any atom is -0.463 e. The van der Waals surface area contributed by atoms with Gasteiger partial charge < -0.3 is 29.6 Å². The van der Waals surface area contributed by atoms with Crippen molar-refractivity contribution in [2.45, 2.75) is 232 Å². The summed E-state index contributed by atoms with van der Waals surface area (Å²) in [6.07, 6.45) is 39.2. The van der Waals surface area contributed by atoms with Crippen molar-refractivity contribution in [1.82, 2.24) is 10.6 Å². The summed E-state index contributed by atoms with van der Waals surface area (Å²) in [6.45, 7) is 6.44. The van der Waals surface area contributed by atoms with Gasteiger partial charge in [-0.1, -0.05) is 194 Å². The van der Waals surface area contributed by atoms with Crippen LogP contribution in [0.15, 0.2) is 0 Å². The van der Waals surface area contributed by atoms with Gasteiger partial charge >= 0.3 is 12.1 Å². The molecule has 1 unspecified atom stereocenters. The fourth-order valence-corrected chi connectivity index (χ4v) is 6.83. The van der Waals surface area contributed by atoms with Crippen LogP contribution >= 0.6 is 0 Å². The van der Waals surface area contributed by atoms with Crippen LogP contribution in [0.25, 0.3) is 0 Å². The summed E-state index contributed by atoms with van der Waals surface area (Å²) in [6, 6.07) is -0.586. The quantitative estimate of drug-likeness (QED) is 0.0467. The Balaban J connectivity index is 4.22. The number of hydrogen-bond donors (Lipinski definition) is 2. The van der Waals surface area contributed by atoms with Gasteiger partial charge in [0.25, 0.3) is 0 Å². The third-order valence-corrected chi connectivity index (χ3v) is 10.4. The molecule has 55 heavy (non-hydrogen) atoms. The molecule has 1 atom stereocenters. The zero-order chi connectivity index (χ0) is 40.1. The molecule has 0 heterocycles. The largest absolute Gasteiger partial charge is 0.463 e. The van der Waals surface area contributed by atoms with Gasteiger partial charge in [0.05, 0.1) is 19.3 Å². The van der Waals surface area contributed by atoms with Crippen LogP contribution in [0.4, 0.5) is 4.79 Å². The summed E-state index contributed by atoms with van der Waals surface area (Å²) in [5.41, 5.74) is 0. The number of rotatable bonds is 44. The summed E-state index contributed by atoms with van der Waals surface area (Å²) >= 11 is 0. The monoisotopic (exact) mass is 783 g/mol. The fourth-order valence-electron chi connectivity index (χ4n) is 6.83. The molecule has 0 aliphatic carbocycles. The summed E-state index contributed by atoms with van der Waals surface area (Å²) < 4.78 is 21.3. The molecule has 326 valence electrons. The van der Waals surface area contributed by atoms with Crippen LogP contribution in [0, 0.1) is 0 Å². The number of methoxy groups -OCH3 is 1. The second-order valence-electron chi connectivity index (χ2n) is 15.8. The Hall–Kier alpha value is -1.87. The van der Waals surface area contributed by atoms with Crippen molar-refractivity contribution in [3.8, 4) is 0 Å². The van der Waals surface area contributed by atoms with Crippen molar-refractivity contribution in [1.29, 1.82) is 0 Å². The summed E-state index contributed by atoms with van der Waals surface area (Å²) in [5.74, 6) is -0.371. The molecule has 0 aromatic rings. The second kappa shape index (κ2) is 44.8. The first-order valence-electron chi connectivity index (χ1n) is 23.5. The van der Waals surface area contributed by atoms with E-state index in [-0.39, 0.29) is 25.1 Å². The van der Waals surface area contributed by atoms with Gasteiger partial charge in [0.2, 0.25) is 5.91 Å². The van der Waals surface area contributed by atoms with E-state index < -0.39 is 12.1 Å². The first kappa shape index (κ1) is 53.1. The highest BCUT2D eigenvalue weighted by molar-refractivity contribution is 5.76. The van der Waals surface area contributed by atoms with E-state index in [0.717, 1.165) is 38.5 Å². The molecule has 0 bridgehead atoms. The van der Waals surface area contributed by atoms with Crippen LogP contribution < -0.4 is 10.6 Å². The minimum absolute atomic E-state index is 0.0111. The van der Waals surface area contributed by atoms with Gasteiger partial charge in [-0.3, -0.25) is 9.59 Å². The highest BCUT2D eigenvalue weighted by atomic mass is 16.6. The van der Waals surface area contributed by atoms with Crippen molar-refractivity contribution in [3.05, 3.63) is 0 Å². The maximum absolute atomic E-state index is 12.8. The standard InChI is InChI=1S/C46H90N2O7/c1-4-6-8-10-12-14-16-18-20-22-24-26-28-30-32-35-44(49)48-43(42-55-46(51)47-37-34-38-53-40-39-52-3)41-54-45(50)36-33-31-29-27-25-23-21-19-17-15-13-11-9-7-5-2/h43H,4-42H2,1-3H3,(H,47,51)(H,48,49). The Labute approximate surface area is 339 Å². The highest BCUT2D eigenvalue weighted by Crippen LogP contribution is 2.15. The first-order valence-corrected chi connectivity index (χ1v) is 23.5. The Morgan fingerprint density at radius 2 is 0.855 bits per heavy atom. The third-order valence-electron chi connectivity index (χ3n) is 10.4. The first-order chi connectivity index (χ1) is 27.0. The molecule has 0 radical (unpaired) electrons. The predicted molar refractivity (Wildman–Crippen MR) is 229 cm³/mol. The van der Waals surface area contributed by atoms with Crippen molar-refractivity contribution in [2.24, 2.45) is 0 Å². The van der Waals surface area contributed by atoms with E-state index in [9.17, 15) is 14.4 Å². The molecular weight excluding hydrogens is 693 g/mol. The molecular formula is C46H90N2O7. The number of carbonyl (C=O) groups is 3. The lowest BCUT2D eigenvalue weighted by molar-refractivity contribution is -0.145. The predicted octanol–water partition coefficient (Wildman–Crippen LogP) is 12.3. The molecule has 2 N–H and O–H groups in total. The number of hydrogen-bond acceptors (Lipinski definition) is 7. The normalized spacial score (nSPS) is 11.8. The van der Waals surface area contributed by atoms with E-state index >= 15 is 0 Å².